The van der Waals surface area contributed by atoms with Crippen molar-refractivity contribution in [2.75, 3.05) is 13.1 Å². The predicted octanol–water partition coefficient (Wildman–Crippen LogP) is 1.37. The van der Waals surface area contributed by atoms with Gasteiger partial charge in [0.2, 0.25) is 5.91 Å². The molecule has 4 aliphatic rings. The third-order valence-electron chi connectivity index (χ3n) is 7.50. The maximum Gasteiger partial charge on any atom is 0.327 e. The average molecular weight is 450 g/mol. The first-order valence-electron chi connectivity index (χ1n) is 11.5. The summed E-state index contributed by atoms with van der Waals surface area (Å²) in [6.45, 7) is 5.23. The molecule has 172 valence electrons. The van der Waals surface area contributed by atoms with Crippen LogP contribution in [-0.4, -0.2) is 74.8 Å². The third-order valence-corrected chi connectivity index (χ3v) is 9.24. The number of hydrogen-bond donors (Lipinski definition) is 4. The number of carbonyl (C=O) groups excluding carboxylic acids is 1. The zero-order valence-electron chi connectivity index (χ0n) is 18.3. The van der Waals surface area contributed by atoms with Crippen molar-refractivity contribution in [3.63, 3.8) is 0 Å². The Bertz CT molecular complexity index is 770. The van der Waals surface area contributed by atoms with Crippen LogP contribution >= 0.6 is 11.8 Å². The van der Waals surface area contributed by atoms with E-state index in [1.165, 1.54) is 10.5 Å². The molecule has 3 heterocycles. The first kappa shape index (κ1) is 22.8. The van der Waals surface area contributed by atoms with Crippen molar-refractivity contribution in [1.82, 2.24) is 10.2 Å². The summed E-state index contributed by atoms with van der Waals surface area (Å²) >= 11 is 1.73. The lowest BCUT2D eigenvalue weighted by Gasteiger charge is -2.47. The molecule has 0 spiro atoms. The molecule has 8 heteroatoms. The summed E-state index contributed by atoms with van der Waals surface area (Å²) < 4.78 is 0. The molecule has 9 atom stereocenters. The number of hydrogen-bond acceptors (Lipinski definition) is 6. The van der Waals surface area contributed by atoms with Crippen molar-refractivity contribution in [3.05, 3.63) is 23.8 Å². The Balaban J connectivity index is 1.40. The van der Waals surface area contributed by atoms with E-state index in [9.17, 15) is 19.8 Å². The van der Waals surface area contributed by atoms with Crippen molar-refractivity contribution < 1.29 is 19.8 Å². The lowest BCUT2D eigenvalue weighted by Crippen LogP contribution is -2.65. The van der Waals surface area contributed by atoms with E-state index in [0.717, 1.165) is 32.2 Å². The third kappa shape index (κ3) is 4.19. The van der Waals surface area contributed by atoms with Crippen molar-refractivity contribution in [1.29, 1.82) is 0 Å². The molecule has 4 rings (SSSR count). The molecular weight excluding hydrogens is 414 g/mol. The number of carbonyl (C=O) groups is 2. The number of fused-ring (bicyclic) bond motifs is 1. The van der Waals surface area contributed by atoms with Crippen LogP contribution in [0.5, 0.6) is 0 Å². The molecule has 5 N–H and O–H groups in total. The fourth-order valence-electron chi connectivity index (χ4n) is 5.96. The molecule has 3 saturated heterocycles. The first-order valence-corrected chi connectivity index (χ1v) is 12.5. The Morgan fingerprint density at radius 3 is 2.90 bits per heavy atom. The number of aliphatic hydroxyl groups excluding tert-OH is 1. The summed E-state index contributed by atoms with van der Waals surface area (Å²) in [4.78, 5) is 26.1. The van der Waals surface area contributed by atoms with Gasteiger partial charge in [0.25, 0.3) is 0 Å². The average Bonchev–Trinajstić information content (AvgIpc) is 3.29. The summed E-state index contributed by atoms with van der Waals surface area (Å²) in [5.41, 5.74) is 7.02. The first-order chi connectivity index (χ1) is 14.8. The molecule has 0 bridgehead atoms. The highest BCUT2D eigenvalue weighted by Gasteiger charge is 2.64. The number of carboxylic acid groups (broad SMARTS) is 1. The summed E-state index contributed by atoms with van der Waals surface area (Å²) in [5, 5.41) is 23.8. The largest absolute Gasteiger partial charge is 0.480 e. The van der Waals surface area contributed by atoms with Gasteiger partial charge in [-0.25, -0.2) is 4.79 Å². The molecule has 0 aromatic heterocycles. The van der Waals surface area contributed by atoms with Crippen LogP contribution in [0.1, 0.15) is 39.5 Å². The van der Waals surface area contributed by atoms with Crippen molar-refractivity contribution in [3.8, 4) is 0 Å². The Labute approximate surface area is 188 Å². The highest BCUT2D eigenvalue weighted by molar-refractivity contribution is 8.00. The lowest BCUT2D eigenvalue weighted by atomic mass is 9.79. The molecule has 0 aromatic carbocycles. The van der Waals surface area contributed by atoms with Gasteiger partial charge in [0, 0.05) is 23.1 Å². The Morgan fingerprint density at radius 1 is 1.45 bits per heavy atom. The number of thioether (sulfide) groups is 1. The summed E-state index contributed by atoms with van der Waals surface area (Å²) in [7, 11) is 0. The van der Waals surface area contributed by atoms with Crippen molar-refractivity contribution in [2.24, 2.45) is 23.5 Å². The van der Waals surface area contributed by atoms with Crippen LogP contribution in [0.4, 0.5) is 0 Å². The smallest absolute Gasteiger partial charge is 0.327 e. The molecule has 1 aliphatic carbocycles. The summed E-state index contributed by atoms with van der Waals surface area (Å²) in [6, 6.07) is -0.584. The number of nitrogens with zero attached hydrogens (tertiary/aromatic N) is 1. The molecule has 3 unspecified atom stereocenters. The fourth-order valence-corrected chi connectivity index (χ4v) is 7.72. The van der Waals surface area contributed by atoms with Gasteiger partial charge in [-0.15, -0.1) is 0 Å². The van der Waals surface area contributed by atoms with Crippen LogP contribution in [0, 0.1) is 17.8 Å². The zero-order valence-corrected chi connectivity index (χ0v) is 19.1. The number of β-lactam (4-membered cyclic amide) rings is 1. The van der Waals surface area contributed by atoms with E-state index in [1.807, 2.05) is 6.92 Å². The summed E-state index contributed by atoms with van der Waals surface area (Å²) in [6.07, 6.45) is 10.2. The lowest BCUT2D eigenvalue weighted by molar-refractivity contribution is -0.170. The second-order valence-corrected chi connectivity index (χ2v) is 11.0. The molecule has 3 fully saturated rings. The van der Waals surface area contributed by atoms with Crippen LogP contribution in [0.3, 0.4) is 0 Å². The fraction of sp³-hybridized carbons (Fsp3) is 0.739. The molecular formula is C23H35N3O4S. The minimum atomic E-state index is -0.934. The number of aliphatic carboxylic acids is 1. The number of nitrogens with two attached hydrogens (primary N) is 1. The van der Waals surface area contributed by atoms with Crippen LogP contribution in [0.15, 0.2) is 23.8 Å². The number of carboxylic acids is 1. The van der Waals surface area contributed by atoms with E-state index >= 15 is 0 Å². The molecule has 7 nitrogen and oxygen atoms in total. The van der Waals surface area contributed by atoms with Crippen molar-refractivity contribution >= 4 is 23.6 Å². The standard InChI is InChI=1S/C23H35N3O4S/c1-12-19-18(13(2)27)22(28)26(19)20(23(29)30)21(12)31-16-10-17(25-11-16)15-7-3-5-14(9-15)6-4-8-24/h3,5,9,12-13,15-21,25,27H,4,6-8,10-11,24H2,1-2H3,(H,29,30)/t12-,13-,15?,16+,17-,18-,19-,20?,21?/m1/s1. The van der Waals surface area contributed by atoms with Gasteiger partial charge in [0.05, 0.1) is 18.1 Å². The van der Waals surface area contributed by atoms with Gasteiger partial charge in [0.15, 0.2) is 0 Å². The Kier molecular flexibility index (Phi) is 6.82. The predicted molar refractivity (Wildman–Crippen MR) is 122 cm³/mol. The van der Waals surface area contributed by atoms with E-state index in [4.69, 9.17) is 5.73 Å². The number of aliphatic hydroxyl groups is 1. The van der Waals surface area contributed by atoms with Crippen LogP contribution < -0.4 is 11.1 Å². The topological polar surface area (TPSA) is 116 Å². The molecule has 0 aromatic rings. The highest BCUT2D eigenvalue weighted by Crippen LogP contribution is 2.50. The minimum Gasteiger partial charge on any atom is -0.480 e. The quantitative estimate of drug-likeness (QED) is 0.414. The van der Waals surface area contributed by atoms with E-state index in [-0.39, 0.29) is 23.1 Å². The second kappa shape index (κ2) is 9.25. The van der Waals surface area contributed by atoms with E-state index in [0.29, 0.717) is 23.8 Å². The van der Waals surface area contributed by atoms with E-state index in [1.54, 1.807) is 18.7 Å². The highest BCUT2D eigenvalue weighted by atomic mass is 32.2. The van der Waals surface area contributed by atoms with Gasteiger partial charge >= 0.3 is 5.97 Å². The molecule has 0 saturated carbocycles. The van der Waals surface area contributed by atoms with Gasteiger partial charge in [0.1, 0.15) is 6.04 Å². The van der Waals surface area contributed by atoms with Crippen LogP contribution in [-0.2, 0) is 9.59 Å². The second-order valence-electron chi connectivity index (χ2n) is 9.55. The van der Waals surface area contributed by atoms with Gasteiger partial charge < -0.3 is 26.2 Å². The normalized spacial score (nSPS) is 40.5. The number of allylic oxidation sites excluding steroid dienone is 3. The van der Waals surface area contributed by atoms with Gasteiger partial charge in [-0.3, -0.25) is 4.79 Å². The SMILES string of the molecule is C[C@@H](O)[C@H]1C(=O)N2C(C(=O)O)C(S[C@@H]3CN[C@@H](C4C=C(CCCN)C=CC4)C3)[C@H](C)[C@H]12. The van der Waals surface area contributed by atoms with Gasteiger partial charge in [-0.2, -0.15) is 11.8 Å². The number of rotatable bonds is 8. The molecule has 1 amide bonds. The van der Waals surface area contributed by atoms with E-state index in [2.05, 4.69) is 23.5 Å². The van der Waals surface area contributed by atoms with Crippen molar-refractivity contribution in [2.45, 2.75) is 74.3 Å². The van der Waals surface area contributed by atoms with Crippen LogP contribution in [0.2, 0.25) is 0 Å². The van der Waals surface area contributed by atoms with E-state index < -0.39 is 24.0 Å². The number of amides is 1. The molecule has 31 heavy (non-hydrogen) atoms. The van der Waals surface area contributed by atoms with Crippen LogP contribution in [0.25, 0.3) is 0 Å². The van der Waals surface area contributed by atoms with Gasteiger partial charge in [-0.1, -0.05) is 30.7 Å². The maximum absolute atomic E-state index is 12.6. The summed E-state index contributed by atoms with van der Waals surface area (Å²) in [5.74, 6) is -1.11. The molecule has 3 aliphatic heterocycles. The zero-order chi connectivity index (χ0) is 22.3. The van der Waals surface area contributed by atoms with Gasteiger partial charge in [-0.05, 0) is 51.0 Å². The Morgan fingerprint density at radius 2 is 2.23 bits per heavy atom. The Hall–Kier alpha value is -1.35. The minimum absolute atomic E-state index is 0.0443. The maximum atomic E-state index is 12.6. The molecule has 0 radical (unpaired) electrons. The monoisotopic (exact) mass is 449 g/mol. The number of nitrogens with one attached hydrogen (secondary N) is 1.